The normalized spacial score (nSPS) is 47.1. The summed E-state index contributed by atoms with van der Waals surface area (Å²) in [6.07, 6.45) is 9.20. The monoisotopic (exact) mass is 255 g/mol. The largest absolute Gasteiger partial charge is 0.310 e. The van der Waals surface area contributed by atoms with Gasteiger partial charge in [0, 0.05) is 34.9 Å². The fourth-order valence-corrected chi connectivity index (χ4v) is 5.73. The summed E-state index contributed by atoms with van der Waals surface area (Å²) in [4.78, 5) is 0. The third-order valence-corrected chi connectivity index (χ3v) is 6.16. The van der Waals surface area contributed by atoms with E-state index in [-0.39, 0.29) is 0 Å². The van der Waals surface area contributed by atoms with Gasteiger partial charge in [0.2, 0.25) is 0 Å². The quantitative estimate of drug-likeness (QED) is 0.834. The van der Waals surface area contributed by atoms with Crippen LogP contribution in [0.15, 0.2) is 0 Å². The molecule has 0 spiro atoms. The van der Waals surface area contributed by atoms with Gasteiger partial charge in [0.05, 0.1) is 0 Å². The zero-order valence-electron chi connectivity index (χ0n) is 11.0. The van der Waals surface area contributed by atoms with Crippen LogP contribution < -0.4 is 5.32 Å². The first-order valence-corrected chi connectivity index (χ1v) is 8.90. The second-order valence-corrected chi connectivity index (χ2v) is 8.24. The van der Waals surface area contributed by atoms with E-state index in [1.807, 2.05) is 6.26 Å². The van der Waals surface area contributed by atoms with Crippen molar-refractivity contribution in [3.05, 3.63) is 0 Å². The van der Waals surface area contributed by atoms with Crippen molar-refractivity contribution in [3.63, 3.8) is 0 Å². The van der Waals surface area contributed by atoms with Crippen molar-refractivity contribution in [2.75, 3.05) is 12.0 Å². The molecule has 0 heterocycles. The van der Waals surface area contributed by atoms with Crippen molar-refractivity contribution >= 4 is 10.8 Å². The van der Waals surface area contributed by atoms with Gasteiger partial charge in [-0.25, -0.2) is 0 Å². The molecule has 4 fully saturated rings. The van der Waals surface area contributed by atoms with Gasteiger partial charge in [-0.1, -0.05) is 0 Å². The maximum Gasteiger partial charge on any atom is 0.0383 e. The van der Waals surface area contributed by atoms with Crippen molar-refractivity contribution < 1.29 is 4.21 Å². The Labute approximate surface area is 107 Å². The highest BCUT2D eigenvalue weighted by molar-refractivity contribution is 7.84. The zero-order chi connectivity index (χ0) is 12.0. The Balaban J connectivity index is 1.62. The molecule has 17 heavy (non-hydrogen) atoms. The Kier molecular flexibility index (Phi) is 3.33. The molecule has 3 heteroatoms. The highest BCUT2D eigenvalue weighted by Gasteiger charge is 2.48. The van der Waals surface area contributed by atoms with E-state index >= 15 is 0 Å². The first-order chi connectivity index (χ1) is 8.11. The molecule has 4 saturated carbocycles. The van der Waals surface area contributed by atoms with Crippen LogP contribution in [0.2, 0.25) is 0 Å². The van der Waals surface area contributed by atoms with Crippen LogP contribution in [0, 0.1) is 23.7 Å². The van der Waals surface area contributed by atoms with Gasteiger partial charge < -0.3 is 5.32 Å². The molecule has 4 rings (SSSR count). The predicted octanol–water partition coefficient (Wildman–Crippen LogP) is 2.17. The number of nitrogens with one attached hydrogen (secondary N) is 1. The van der Waals surface area contributed by atoms with E-state index < -0.39 is 10.8 Å². The van der Waals surface area contributed by atoms with Crippen LogP contribution in [0.25, 0.3) is 0 Å². The molecule has 2 nitrogen and oxygen atoms in total. The molecule has 0 aromatic rings. The Bertz CT molecular complexity index is 289. The molecule has 0 aliphatic heterocycles. The Morgan fingerprint density at radius 3 is 2.12 bits per heavy atom. The topological polar surface area (TPSA) is 29.1 Å². The van der Waals surface area contributed by atoms with Crippen molar-refractivity contribution in [2.45, 2.75) is 51.1 Å². The van der Waals surface area contributed by atoms with Crippen molar-refractivity contribution in [1.29, 1.82) is 0 Å². The highest BCUT2D eigenvalue weighted by Crippen LogP contribution is 2.53. The minimum Gasteiger partial charge on any atom is -0.310 e. The smallest absolute Gasteiger partial charge is 0.0383 e. The molecule has 2 atom stereocenters. The molecule has 0 amide bonds. The van der Waals surface area contributed by atoms with E-state index in [4.69, 9.17) is 0 Å². The Morgan fingerprint density at radius 1 is 1.12 bits per heavy atom. The van der Waals surface area contributed by atoms with Crippen LogP contribution in [-0.4, -0.2) is 28.3 Å². The first kappa shape index (κ1) is 12.2. The van der Waals surface area contributed by atoms with E-state index in [0.29, 0.717) is 6.04 Å². The average molecular weight is 255 g/mol. The summed E-state index contributed by atoms with van der Waals surface area (Å²) in [7, 11) is -0.667. The molecule has 1 N–H and O–H groups in total. The fraction of sp³-hybridized carbons (Fsp3) is 1.00. The van der Waals surface area contributed by atoms with E-state index in [9.17, 15) is 4.21 Å². The van der Waals surface area contributed by atoms with Crippen LogP contribution in [0.1, 0.15) is 39.0 Å². The summed E-state index contributed by atoms with van der Waals surface area (Å²) in [6, 6.07) is 1.16. The van der Waals surface area contributed by atoms with Gasteiger partial charge in [-0.3, -0.25) is 4.21 Å². The van der Waals surface area contributed by atoms with Gasteiger partial charge >= 0.3 is 0 Å². The van der Waals surface area contributed by atoms with E-state index in [0.717, 1.165) is 35.5 Å². The molecule has 98 valence electrons. The van der Waals surface area contributed by atoms with Crippen LogP contribution in [0.5, 0.6) is 0 Å². The molecule has 4 bridgehead atoms. The Hall–Kier alpha value is 0.110. The number of rotatable bonds is 4. The van der Waals surface area contributed by atoms with Crippen LogP contribution in [-0.2, 0) is 10.8 Å². The molecule has 0 radical (unpaired) electrons. The first-order valence-electron chi connectivity index (χ1n) is 7.18. The average Bonchev–Trinajstić information content (AvgIpc) is 2.21. The third-order valence-electron chi connectivity index (χ3n) is 5.19. The van der Waals surface area contributed by atoms with Crippen LogP contribution in [0.4, 0.5) is 0 Å². The minimum absolute atomic E-state index is 0.420. The summed E-state index contributed by atoms with van der Waals surface area (Å²) >= 11 is 0. The van der Waals surface area contributed by atoms with Crippen molar-refractivity contribution in [3.8, 4) is 0 Å². The van der Waals surface area contributed by atoms with Crippen LogP contribution >= 0.6 is 0 Å². The lowest BCUT2D eigenvalue weighted by atomic mass is 9.54. The number of hydrogen-bond donors (Lipinski definition) is 1. The van der Waals surface area contributed by atoms with Gasteiger partial charge in [0.15, 0.2) is 0 Å². The summed E-state index contributed by atoms with van der Waals surface area (Å²) in [6.45, 7) is 2.20. The summed E-state index contributed by atoms with van der Waals surface area (Å²) in [5, 5.41) is 3.80. The molecule has 0 aromatic carbocycles. The number of hydrogen-bond acceptors (Lipinski definition) is 2. The molecular weight excluding hydrogens is 230 g/mol. The van der Waals surface area contributed by atoms with Gasteiger partial charge in [0.1, 0.15) is 0 Å². The molecule has 2 unspecified atom stereocenters. The lowest BCUT2D eigenvalue weighted by Crippen LogP contribution is -2.57. The molecule has 0 aromatic heterocycles. The Morgan fingerprint density at radius 2 is 1.65 bits per heavy atom. The predicted molar refractivity (Wildman–Crippen MR) is 72.4 cm³/mol. The lowest BCUT2D eigenvalue weighted by molar-refractivity contribution is -0.0161. The van der Waals surface area contributed by atoms with Crippen molar-refractivity contribution in [2.24, 2.45) is 23.7 Å². The minimum atomic E-state index is -0.667. The molecular formula is C14H25NOS. The summed E-state index contributed by atoms with van der Waals surface area (Å²) < 4.78 is 11.3. The maximum absolute atomic E-state index is 11.3. The SMILES string of the molecule is CC(CS(C)=O)NC1C2CC3CC(C2)CC1C3. The van der Waals surface area contributed by atoms with Gasteiger partial charge in [-0.15, -0.1) is 0 Å². The third kappa shape index (κ3) is 2.46. The zero-order valence-corrected chi connectivity index (χ0v) is 11.8. The van der Waals surface area contributed by atoms with Gasteiger partial charge in [0.25, 0.3) is 0 Å². The van der Waals surface area contributed by atoms with E-state index in [1.54, 1.807) is 0 Å². The molecule has 4 aliphatic carbocycles. The van der Waals surface area contributed by atoms with Gasteiger partial charge in [-0.05, 0) is 62.7 Å². The second kappa shape index (κ2) is 4.65. The highest BCUT2D eigenvalue weighted by atomic mass is 32.2. The lowest BCUT2D eigenvalue weighted by Gasteiger charge is -2.55. The second-order valence-electron chi connectivity index (χ2n) is 6.76. The summed E-state index contributed by atoms with van der Waals surface area (Å²) in [5.74, 6) is 4.76. The maximum atomic E-state index is 11.3. The standard InChI is InChI=1S/C14H25NOS/c1-9(8-17(2)16)15-14-12-4-10-3-11(6-12)7-13(14)5-10/h9-15H,3-8H2,1-2H3. The van der Waals surface area contributed by atoms with Gasteiger partial charge in [-0.2, -0.15) is 0 Å². The van der Waals surface area contributed by atoms with E-state index in [2.05, 4.69) is 12.2 Å². The molecule has 4 aliphatic rings. The van der Waals surface area contributed by atoms with E-state index in [1.165, 1.54) is 32.1 Å². The van der Waals surface area contributed by atoms with Crippen molar-refractivity contribution in [1.82, 2.24) is 5.32 Å². The summed E-state index contributed by atoms with van der Waals surface area (Å²) in [5.41, 5.74) is 0. The molecule has 0 saturated heterocycles. The van der Waals surface area contributed by atoms with Crippen LogP contribution in [0.3, 0.4) is 0 Å². The fourth-order valence-electron chi connectivity index (χ4n) is 4.93.